The molecule has 100 valence electrons. The molecule has 2 heteroatoms. The molecule has 2 fully saturated rings. The predicted octanol–water partition coefficient (Wildman–Crippen LogP) is 3.16. The zero-order valence-corrected chi connectivity index (χ0v) is 11.5. The molecular formula is C15H30N2. The molecule has 1 aliphatic carbocycles. The van der Waals surface area contributed by atoms with Gasteiger partial charge in [-0.1, -0.05) is 32.6 Å². The van der Waals surface area contributed by atoms with Crippen LogP contribution in [0, 0.1) is 5.92 Å². The van der Waals surface area contributed by atoms with Gasteiger partial charge in [0.1, 0.15) is 0 Å². The van der Waals surface area contributed by atoms with E-state index in [1.165, 1.54) is 64.3 Å². The first-order valence-corrected chi connectivity index (χ1v) is 7.82. The fraction of sp³-hybridized carbons (Fsp3) is 1.00. The minimum Gasteiger partial charge on any atom is -0.329 e. The third kappa shape index (κ3) is 3.23. The molecule has 0 spiro atoms. The summed E-state index contributed by atoms with van der Waals surface area (Å²) in [6.45, 7) is 4.52. The van der Waals surface area contributed by atoms with Gasteiger partial charge in [0.2, 0.25) is 0 Å². The quantitative estimate of drug-likeness (QED) is 0.815. The van der Waals surface area contributed by atoms with Gasteiger partial charge in [-0.05, 0) is 44.6 Å². The van der Waals surface area contributed by atoms with Crippen molar-refractivity contribution in [1.29, 1.82) is 0 Å². The molecule has 0 aromatic heterocycles. The van der Waals surface area contributed by atoms with Crippen LogP contribution in [0.2, 0.25) is 0 Å². The maximum atomic E-state index is 6.11. The maximum absolute atomic E-state index is 6.11. The second-order valence-electron chi connectivity index (χ2n) is 6.00. The monoisotopic (exact) mass is 238 g/mol. The summed E-state index contributed by atoms with van der Waals surface area (Å²) in [7, 11) is 0. The third-order valence-corrected chi connectivity index (χ3v) is 5.01. The number of nitrogens with zero attached hydrogens (tertiary/aromatic N) is 1. The molecule has 2 rings (SSSR count). The van der Waals surface area contributed by atoms with Crippen molar-refractivity contribution < 1.29 is 0 Å². The SMILES string of the molecule is CCC1CCCCN1C(CN)C1CCCCC1. The van der Waals surface area contributed by atoms with E-state index in [1.807, 2.05) is 0 Å². The summed E-state index contributed by atoms with van der Waals surface area (Å²) in [4.78, 5) is 2.78. The highest BCUT2D eigenvalue weighted by atomic mass is 15.2. The van der Waals surface area contributed by atoms with Gasteiger partial charge in [0.05, 0.1) is 0 Å². The van der Waals surface area contributed by atoms with E-state index in [1.54, 1.807) is 0 Å². The number of nitrogens with two attached hydrogens (primary N) is 1. The van der Waals surface area contributed by atoms with E-state index in [9.17, 15) is 0 Å². The lowest BCUT2D eigenvalue weighted by Gasteiger charge is -2.44. The molecule has 0 radical (unpaired) electrons. The first-order valence-electron chi connectivity index (χ1n) is 7.82. The van der Waals surface area contributed by atoms with Gasteiger partial charge >= 0.3 is 0 Å². The van der Waals surface area contributed by atoms with Gasteiger partial charge in [0.25, 0.3) is 0 Å². The topological polar surface area (TPSA) is 29.3 Å². The predicted molar refractivity (Wildman–Crippen MR) is 74.1 cm³/mol. The molecule has 0 aromatic rings. The third-order valence-electron chi connectivity index (χ3n) is 5.01. The number of hydrogen-bond donors (Lipinski definition) is 1. The van der Waals surface area contributed by atoms with Gasteiger partial charge in [0.15, 0.2) is 0 Å². The summed E-state index contributed by atoms with van der Waals surface area (Å²) in [6, 6.07) is 1.50. The molecule has 1 aliphatic heterocycles. The molecule has 1 heterocycles. The van der Waals surface area contributed by atoms with E-state index in [0.717, 1.165) is 18.5 Å². The van der Waals surface area contributed by atoms with E-state index < -0.39 is 0 Å². The Labute approximate surface area is 107 Å². The van der Waals surface area contributed by atoms with E-state index in [0.29, 0.717) is 6.04 Å². The fourth-order valence-corrected chi connectivity index (χ4v) is 4.02. The molecule has 1 saturated carbocycles. The highest BCUT2D eigenvalue weighted by molar-refractivity contribution is 4.88. The van der Waals surface area contributed by atoms with Crippen LogP contribution in [-0.2, 0) is 0 Å². The van der Waals surface area contributed by atoms with Crippen molar-refractivity contribution in [3.05, 3.63) is 0 Å². The highest BCUT2D eigenvalue weighted by Gasteiger charge is 2.32. The molecule has 17 heavy (non-hydrogen) atoms. The van der Waals surface area contributed by atoms with Crippen molar-refractivity contribution in [2.24, 2.45) is 11.7 Å². The van der Waals surface area contributed by atoms with Crippen LogP contribution in [0.25, 0.3) is 0 Å². The first-order chi connectivity index (χ1) is 8.36. The van der Waals surface area contributed by atoms with Crippen LogP contribution in [0.4, 0.5) is 0 Å². The lowest BCUT2D eigenvalue weighted by molar-refractivity contribution is 0.0509. The van der Waals surface area contributed by atoms with Crippen LogP contribution < -0.4 is 5.73 Å². The van der Waals surface area contributed by atoms with Gasteiger partial charge in [0, 0.05) is 18.6 Å². The number of hydrogen-bond acceptors (Lipinski definition) is 2. The Morgan fingerprint density at radius 1 is 1.06 bits per heavy atom. The molecule has 1 saturated heterocycles. The average Bonchev–Trinajstić information content (AvgIpc) is 2.41. The standard InChI is InChI=1S/C15H30N2/c1-2-14-10-6-7-11-17(14)15(12-16)13-8-4-3-5-9-13/h13-15H,2-12,16H2,1H3. The summed E-state index contributed by atoms with van der Waals surface area (Å²) in [5.41, 5.74) is 6.11. The Kier molecular flexibility index (Phi) is 5.30. The Hall–Kier alpha value is -0.0800. The molecule has 0 bridgehead atoms. The molecular weight excluding hydrogens is 208 g/mol. The van der Waals surface area contributed by atoms with Crippen molar-refractivity contribution in [3.63, 3.8) is 0 Å². The smallest absolute Gasteiger partial charge is 0.0249 e. The lowest BCUT2D eigenvalue weighted by atomic mass is 9.81. The van der Waals surface area contributed by atoms with E-state index in [4.69, 9.17) is 5.73 Å². The van der Waals surface area contributed by atoms with Gasteiger partial charge < -0.3 is 5.73 Å². The summed E-state index contributed by atoms with van der Waals surface area (Å²) in [5, 5.41) is 0. The van der Waals surface area contributed by atoms with Crippen molar-refractivity contribution in [1.82, 2.24) is 4.90 Å². The van der Waals surface area contributed by atoms with Gasteiger partial charge in [-0.3, -0.25) is 4.90 Å². The van der Waals surface area contributed by atoms with Crippen molar-refractivity contribution in [3.8, 4) is 0 Å². The Balaban J connectivity index is 1.99. The van der Waals surface area contributed by atoms with Gasteiger partial charge in [-0.15, -0.1) is 0 Å². The average molecular weight is 238 g/mol. The number of piperidine rings is 1. The summed E-state index contributed by atoms with van der Waals surface area (Å²) >= 11 is 0. The lowest BCUT2D eigenvalue weighted by Crippen LogP contribution is -2.52. The molecule has 2 N–H and O–H groups in total. The van der Waals surface area contributed by atoms with Crippen molar-refractivity contribution >= 4 is 0 Å². The van der Waals surface area contributed by atoms with Crippen LogP contribution in [-0.4, -0.2) is 30.1 Å². The Bertz CT molecular complexity index is 211. The Morgan fingerprint density at radius 3 is 2.41 bits per heavy atom. The summed E-state index contributed by atoms with van der Waals surface area (Å²) in [5.74, 6) is 0.890. The molecule has 2 nitrogen and oxygen atoms in total. The van der Waals surface area contributed by atoms with Crippen LogP contribution in [0.15, 0.2) is 0 Å². The second-order valence-corrected chi connectivity index (χ2v) is 6.00. The largest absolute Gasteiger partial charge is 0.329 e. The minimum atomic E-state index is 0.681. The van der Waals surface area contributed by atoms with Crippen molar-refractivity contribution in [2.75, 3.05) is 13.1 Å². The second kappa shape index (κ2) is 6.75. The Morgan fingerprint density at radius 2 is 1.76 bits per heavy atom. The molecule has 0 amide bonds. The van der Waals surface area contributed by atoms with Crippen LogP contribution >= 0.6 is 0 Å². The molecule has 2 atom stereocenters. The minimum absolute atomic E-state index is 0.681. The van der Waals surface area contributed by atoms with E-state index >= 15 is 0 Å². The number of rotatable bonds is 4. The fourth-order valence-electron chi connectivity index (χ4n) is 4.02. The number of likely N-dealkylation sites (tertiary alicyclic amines) is 1. The molecule has 2 aliphatic rings. The van der Waals surface area contributed by atoms with Crippen LogP contribution in [0.1, 0.15) is 64.7 Å². The zero-order valence-electron chi connectivity index (χ0n) is 11.5. The van der Waals surface area contributed by atoms with Gasteiger partial charge in [-0.2, -0.15) is 0 Å². The van der Waals surface area contributed by atoms with Crippen LogP contribution in [0.5, 0.6) is 0 Å². The zero-order chi connectivity index (χ0) is 12.1. The molecule has 0 aromatic carbocycles. The summed E-state index contributed by atoms with van der Waals surface area (Å²) < 4.78 is 0. The maximum Gasteiger partial charge on any atom is 0.0249 e. The van der Waals surface area contributed by atoms with E-state index in [-0.39, 0.29) is 0 Å². The van der Waals surface area contributed by atoms with Crippen LogP contribution in [0.3, 0.4) is 0 Å². The van der Waals surface area contributed by atoms with Crippen molar-refractivity contribution in [2.45, 2.75) is 76.8 Å². The van der Waals surface area contributed by atoms with E-state index in [2.05, 4.69) is 11.8 Å². The highest BCUT2D eigenvalue weighted by Crippen LogP contribution is 2.32. The molecule has 2 unspecified atom stereocenters. The summed E-state index contributed by atoms with van der Waals surface area (Å²) in [6.07, 6.45) is 12.7. The van der Waals surface area contributed by atoms with Gasteiger partial charge in [-0.25, -0.2) is 0 Å². The normalized spacial score (nSPS) is 30.4. The first kappa shape index (κ1) is 13.4.